The van der Waals surface area contributed by atoms with E-state index in [4.69, 9.17) is 0 Å². The molecular formula is C32H67N. The molecule has 200 valence electrons. The van der Waals surface area contributed by atoms with E-state index in [1.54, 1.807) is 0 Å². The average molecular weight is 466 g/mol. The van der Waals surface area contributed by atoms with Gasteiger partial charge in [-0.1, -0.05) is 168 Å². The van der Waals surface area contributed by atoms with Gasteiger partial charge >= 0.3 is 0 Å². The van der Waals surface area contributed by atoms with Crippen molar-refractivity contribution in [1.82, 2.24) is 4.90 Å². The van der Waals surface area contributed by atoms with Crippen LogP contribution in [0.1, 0.15) is 188 Å². The Morgan fingerprint density at radius 1 is 0.242 bits per heavy atom. The first-order valence-corrected chi connectivity index (χ1v) is 16.1. The highest BCUT2D eigenvalue weighted by molar-refractivity contribution is 4.59. The number of unbranched alkanes of at least 4 members (excludes halogenated alkanes) is 23. The molecule has 0 heterocycles. The second-order valence-electron chi connectivity index (χ2n) is 11.0. The summed E-state index contributed by atoms with van der Waals surface area (Å²) in [5.74, 6) is 0. The highest BCUT2D eigenvalue weighted by atomic mass is 15.1. The third-order valence-corrected chi connectivity index (χ3v) is 7.48. The number of hydrogen-bond donors (Lipinski definition) is 0. The molecule has 1 nitrogen and oxygen atoms in total. The molecule has 33 heavy (non-hydrogen) atoms. The van der Waals surface area contributed by atoms with Crippen molar-refractivity contribution in [1.29, 1.82) is 0 Å². The SMILES string of the molecule is CCCCCCCCCCCCCCCCCCCCCCN(CCCCC)CCCCC. The van der Waals surface area contributed by atoms with E-state index in [-0.39, 0.29) is 0 Å². The molecule has 0 atom stereocenters. The third kappa shape index (κ3) is 28.1. The fourth-order valence-corrected chi connectivity index (χ4v) is 5.10. The molecule has 0 bridgehead atoms. The molecule has 0 aromatic heterocycles. The zero-order valence-electron chi connectivity index (χ0n) is 24.0. The molecule has 0 spiro atoms. The smallest absolute Gasteiger partial charge is 0.00187 e. The second-order valence-corrected chi connectivity index (χ2v) is 11.0. The summed E-state index contributed by atoms with van der Waals surface area (Å²) in [6.07, 6.45) is 37.7. The number of nitrogens with zero attached hydrogens (tertiary/aromatic N) is 1. The van der Waals surface area contributed by atoms with Crippen LogP contribution in [0.5, 0.6) is 0 Å². The molecule has 0 fully saturated rings. The zero-order valence-corrected chi connectivity index (χ0v) is 24.0. The lowest BCUT2D eigenvalue weighted by Crippen LogP contribution is -2.27. The van der Waals surface area contributed by atoms with Crippen LogP contribution >= 0.6 is 0 Å². The van der Waals surface area contributed by atoms with Crippen LogP contribution in [0, 0.1) is 0 Å². The fraction of sp³-hybridized carbons (Fsp3) is 1.00. The lowest BCUT2D eigenvalue weighted by Gasteiger charge is -2.22. The molecule has 0 aromatic carbocycles. The summed E-state index contributed by atoms with van der Waals surface area (Å²) < 4.78 is 0. The molecule has 0 amide bonds. The van der Waals surface area contributed by atoms with Crippen LogP contribution < -0.4 is 0 Å². The summed E-state index contributed by atoms with van der Waals surface area (Å²) in [5, 5.41) is 0. The molecule has 0 unspecified atom stereocenters. The molecule has 0 saturated heterocycles. The van der Waals surface area contributed by atoms with Crippen molar-refractivity contribution in [2.75, 3.05) is 19.6 Å². The van der Waals surface area contributed by atoms with E-state index in [0.717, 1.165) is 0 Å². The van der Waals surface area contributed by atoms with E-state index < -0.39 is 0 Å². The summed E-state index contributed by atoms with van der Waals surface area (Å²) in [6, 6.07) is 0. The Kier molecular flexibility index (Phi) is 30.0. The van der Waals surface area contributed by atoms with E-state index in [2.05, 4.69) is 25.7 Å². The van der Waals surface area contributed by atoms with Crippen LogP contribution in [0.25, 0.3) is 0 Å². The van der Waals surface area contributed by atoms with Gasteiger partial charge in [-0.05, 0) is 38.9 Å². The van der Waals surface area contributed by atoms with Crippen LogP contribution in [0.4, 0.5) is 0 Å². The van der Waals surface area contributed by atoms with Crippen molar-refractivity contribution in [2.24, 2.45) is 0 Å². The van der Waals surface area contributed by atoms with Gasteiger partial charge in [0.2, 0.25) is 0 Å². The standard InChI is InChI=1S/C32H67N/c1-4-7-10-11-12-13-14-15-16-17-18-19-20-21-22-23-24-25-26-29-32-33(30-27-8-5-2)31-28-9-6-3/h4-32H2,1-3H3. The summed E-state index contributed by atoms with van der Waals surface area (Å²) in [6.45, 7) is 11.0. The maximum atomic E-state index is 2.76. The lowest BCUT2D eigenvalue weighted by atomic mass is 10.0. The topological polar surface area (TPSA) is 3.24 Å². The normalized spacial score (nSPS) is 11.6. The van der Waals surface area contributed by atoms with Gasteiger partial charge in [0.1, 0.15) is 0 Å². The molecule has 0 aromatic rings. The highest BCUT2D eigenvalue weighted by Gasteiger charge is 2.04. The van der Waals surface area contributed by atoms with Gasteiger partial charge in [0.05, 0.1) is 0 Å². The van der Waals surface area contributed by atoms with Crippen molar-refractivity contribution in [3.8, 4) is 0 Å². The quantitative estimate of drug-likeness (QED) is 0.0992. The molecule has 0 radical (unpaired) electrons. The molecule has 0 aliphatic rings. The maximum absolute atomic E-state index is 2.76. The lowest BCUT2D eigenvalue weighted by molar-refractivity contribution is 0.255. The molecule has 0 saturated carbocycles. The van der Waals surface area contributed by atoms with E-state index in [0.29, 0.717) is 0 Å². The minimum atomic E-state index is 1.34. The van der Waals surface area contributed by atoms with Gasteiger partial charge in [-0.2, -0.15) is 0 Å². The minimum Gasteiger partial charge on any atom is -0.303 e. The van der Waals surface area contributed by atoms with Gasteiger partial charge in [0.15, 0.2) is 0 Å². The zero-order chi connectivity index (χ0) is 24.1. The van der Waals surface area contributed by atoms with Gasteiger partial charge in [0.25, 0.3) is 0 Å². The number of hydrogen-bond acceptors (Lipinski definition) is 1. The Hall–Kier alpha value is -0.0400. The van der Waals surface area contributed by atoms with Crippen LogP contribution in [0.3, 0.4) is 0 Å². The summed E-state index contributed by atoms with van der Waals surface area (Å²) >= 11 is 0. The van der Waals surface area contributed by atoms with Gasteiger partial charge in [0, 0.05) is 0 Å². The largest absolute Gasteiger partial charge is 0.303 e. The van der Waals surface area contributed by atoms with Crippen molar-refractivity contribution in [2.45, 2.75) is 188 Å². The molecule has 1 heteroatoms. The first-order chi connectivity index (χ1) is 16.3. The predicted molar refractivity (Wildman–Crippen MR) is 154 cm³/mol. The van der Waals surface area contributed by atoms with E-state index >= 15 is 0 Å². The van der Waals surface area contributed by atoms with Crippen molar-refractivity contribution < 1.29 is 0 Å². The average Bonchev–Trinajstić information content (AvgIpc) is 2.82. The molecule has 0 N–H and O–H groups in total. The van der Waals surface area contributed by atoms with Crippen LogP contribution in [-0.2, 0) is 0 Å². The Bertz CT molecular complexity index is 316. The van der Waals surface area contributed by atoms with Crippen molar-refractivity contribution in [3.05, 3.63) is 0 Å². The van der Waals surface area contributed by atoms with Crippen molar-refractivity contribution in [3.63, 3.8) is 0 Å². The number of rotatable bonds is 29. The predicted octanol–water partition coefficient (Wildman–Crippen LogP) is 11.5. The molecular weight excluding hydrogens is 398 g/mol. The Morgan fingerprint density at radius 3 is 0.697 bits per heavy atom. The second kappa shape index (κ2) is 30.0. The molecule has 0 aliphatic carbocycles. The Labute approximate surface area is 212 Å². The van der Waals surface area contributed by atoms with Gasteiger partial charge in [-0.25, -0.2) is 0 Å². The Balaban J connectivity index is 3.29. The third-order valence-electron chi connectivity index (χ3n) is 7.48. The van der Waals surface area contributed by atoms with Gasteiger partial charge in [-0.15, -0.1) is 0 Å². The fourth-order valence-electron chi connectivity index (χ4n) is 5.10. The maximum Gasteiger partial charge on any atom is -0.00187 e. The first kappa shape index (κ1) is 33.0. The first-order valence-electron chi connectivity index (χ1n) is 16.1. The van der Waals surface area contributed by atoms with E-state index in [1.165, 1.54) is 187 Å². The van der Waals surface area contributed by atoms with E-state index in [1.807, 2.05) is 0 Å². The Morgan fingerprint density at radius 2 is 0.424 bits per heavy atom. The van der Waals surface area contributed by atoms with E-state index in [9.17, 15) is 0 Å². The van der Waals surface area contributed by atoms with Gasteiger partial charge in [-0.3, -0.25) is 0 Å². The summed E-state index contributed by atoms with van der Waals surface area (Å²) in [4.78, 5) is 2.76. The minimum absolute atomic E-state index is 1.34. The summed E-state index contributed by atoms with van der Waals surface area (Å²) in [7, 11) is 0. The molecule has 0 aliphatic heterocycles. The monoisotopic (exact) mass is 466 g/mol. The summed E-state index contributed by atoms with van der Waals surface area (Å²) in [5.41, 5.74) is 0. The highest BCUT2D eigenvalue weighted by Crippen LogP contribution is 2.15. The van der Waals surface area contributed by atoms with Gasteiger partial charge < -0.3 is 4.90 Å². The van der Waals surface area contributed by atoms with Crippen molar-refractivity contribution >= 4 is 0 Å². The van der Waals surface area contributed by atoms with Crippen LogP contribution in [-0.4, -0.2) is 24.5 Å². The van der Waals surface area contributed by atoms with Crippen LogP contribution in [0.2, 0.25) is 0 Å². The molecule has 0 rings (SSSR count). The van der Waals surface area contributed by atoms with Crippen LogP contribution in [0.15, 0.2) is 0 Å².